The van der Waals surface area contributed by atoms with Gasteiger partial charge in [-0.25, -0.2) is 8.42 Å². The van der Waals surface area contributed by atoms with E-state index in [-0.39, 0.29) is 16.7 Å². The summed E-state index contributed by atoms with van der Waals surface area (Å²) < 4.78 is 26.6. The zero-order valence-electron chi connectivity index (χ0n) is 16.6. The number of hydrogen-bond acceptors (Lipinski definition) is 4. The molecule has 0 aliphatic carbocycles. The minimum Gasteiger partial charge on any atom is -0.356 e. The average molecular weight is 396 g/mol. The molecule has 152 valence electrons. The molecule has 0 aromatic carbocycles. The van der Waals surface area contributed by atoms with Gasteiger partial charge < -0.3 is 5.32 Å². The molecule has 0 radical (unpaired) electrons. The molecule has 1 amide bonds. The van der Waals surface area contributed by atoms with Crippen LogP contribution in [0, 0.1) is 11.8 Å². The van der Waals surface area contributed by atoms with Gasteiger partial charge in [0.25, 0.3) is 0 Å². The Balaban J connectivity index is 1.67. The summed E-state index contributed by atoms with van der Waals surface area (Å²) in [5.41, 5.74) is 0. The van der Waals surface area contributed by atoms with E-state index in [1.54, 1.807) is 18.3 Å². The van der Waals surface area contributed by atoms with Gasteiger partial charge in [-0.15, -0.1) is 0 Å². The van der Waals surface area contributed by atoms with Crippen LogP contribution in [0.25, 0.3) is 0 Å². The maximum absolute atomic E-state index is 12.6. The maximum Gasteiger partial charge on any atom is 0.244 e. The highest BCUT2D eigenvalue weighted by molar-refractivity contribution is 7.89. The molecule has 0 spiro atoms. The lowest BCUT2D eigenvalue weighted by Crippen LogP contribution is -2.43. The van der Waals surface area contributed by atoms with E-state index in [0.29, 0.717) is 32.5 Å². The number of hydrogen-bond donors (Lipinski definition) is 1. The number of unbranched alkanes of at least 4 members (excludes halogenated alkanes) is 3. The molecule has 2 heterocycles. The third-order valence-electron chi connectivity index (χ3n) is 5.10. The summed E-state index contributed by atoms with van der Waals surface area (Å²) in [6.07, 6.45) is 9.97. The van der Waals surface area contributed by atoms with Gasteiger partial charge in [0, 0.05) is 37.9 Å². The van der Waals surface area contributed by atoms with E-state index in [4.69, 9.17) is 0 Å². The van der Waals surface area contributed by atoms with Crippen LogP contribution in [0.3, 0.4) is 0 Å². The van der Waals surface area contributed by atoms with Crippen LogP contribution >= 0.6 is 0 Å². The van der Waals surface area contributed by atoms with Gasteiger partial charge in [-0.1, -0.05) is 39.5 Å². The molecule has 0 atom stereocenters. The smallest absolute Gasteiger partial charge is 0.244 e. The molecule has 1 saturated heterocycles. The minimum atomic E-state index is -3.51. The van der Waals surface area contributed by atoms with E-state index in [1.165, 1.54) is 29.8 Å². The van der Waals surface area contributed by atoms with E-state index < -0.39 is 10.0 Å². The summed E-state index contributed by atoms with van der Waals surface area (Å²) in [5, 5.41) is 3.02. The number of piperidine rings is 1. The third kappa shape index (κ3) is 6.88. The van der Waals surface area contributed by atoms with Crippen molar-refractivity contribution in [2.45, 2.75) is 63.7 Å². The molecular formula is C20H33N3O3S. The van der Waals surface area contributed by atoms with Crippen molar-refractivity contribution in [1.82, 2.24) is 14.6 Å². The molecule has 1 aromatic heterocycles. The zero-order chi connectivity index (χ0) is 19.7. The average Bonchev–Trinajstić information content (AvgIpc) is 2.67. The van der Waals surface area contributed by atoms with Crippen molar-refractivity contribution in [2.24, 2.45) is 11.8 Å². The first-order valence-electron chi connectivity index (χ1n) is 10.1. The number of amides is 1. The SMILES string of the molecule is CC(C)CCCCCCNC(=O)C1CCN(S(=O)(=O)c2cccnc2)CC1. The van der Waals surface area contributed by atoms with E-state index in [2.05, 4.69) is 24.1 Å². The summed E-state index contributed by atoms with van der Waals surface area (Å²) in [6, 6.07) is 3.18. The first-order valence-corrected chi connectivity index (χ1v) is 11.5. The highest BCUT2D eigenvalue weighted by Crippen LogP contribution is 2.23. The lowest BCUT2D eigenvalue weighted by atomic mass is 9.97. The second kappa shape index (κ2) is 10.8. The van der Waals surface area contributed by atoms with Gasteiger partial charge in [-0.3, -0.25) is 9.78 Å². The fourth-order valence-electron chi connectivity index (χ4n) is 3.39. The van der Waals surface area contributed by atoms with Gasteiger partial charge in [0.05, 0.1) is 0 Å². The summed E-state index contributed by atoms with van der Waals surface area (Å²) in [5.74, 6) is 0.736. The van der Waals surface area contributed by atoms with Gasteiger partial charge in [-0.2, -0.15) is 4.31 Å². The Morgan fingerprint density at radius 3 is 2.56 bits per heavy atom. The van der Waals surface area contributed by atoms with Crippen molar-refractivity contribution in [1.29, 1.82) is 0 Å². The van der Waals surface area contributed by atoms with Crippen molar-refractivity contribution < 1.29 is 13.2 Å². The lowest BCUT2D eigenvalue weighted by molar-refractivity contribution is -0.126. The number of carbonyl (C=O) groups excluding carboxylic acids is 1. The second-order valence-electron chi connectivity index (χ2n) is 7.75. The number of nitrogens with zero attached hydrogens (tertiary/aromatic N) is 2. The molecule has 1 fully saturated rings. The van der Waals surface area contributed by atoms with Crippen molar-refractivity contribution in [3.8, 4) is 0 Å². The molecule has 2 rings (SSSR count). The Bertz CT molecular complexity index is 669. The quantitative estimate of drug-likeness (QED) is 0.617. The molecule has 1 aliphatic rings. The Labute approximate surface area is 163 Å². The molecule has 27 heavy (non-hydrogen) atoms. The van der Waals surface area contributed by atoms with Crippen molar-refractivity contribution in [2.75, 3.05) is 19.6 Å². The fourth-order valence-corrected chi connectivity index (χ4v) is 4.83. The molecule has 1 aliphatic heterocycles. The Kier molecular flexibility index (Phi) is 8.70. The number of nitrogens with one attached hydrogen (secondary N) is 1. The second-order valence-corrected chi connectivity index (χ2v) is 9.69. The normalized spacial score (nSPS) is 16.6. The van der Waals surface area contributed by atoms with Gasteiger partial charge in [-0.05, 0) is 37.3 Å². The van der Waals surface area contributed by atoms with E-state index >= 15 is 0 Å². The lowest BCUT2D eigenvalue weighted by Gasteiger charge is -2.30. The molecule has 1 aromatic rings. The van der Waals surface area contributed by atoms with Crippen LogP contribution in [-0.4, -0.2) is 43.2 Å². The summed E-state index contributed by atoms with van der Waals surface area (Å²) in [6.45, 7) is 5.96. The number of pyridine rings is 1. The van der Waals surface area contributed by atoms with E-state index in [1.807, 2.05) is 0 Å². The maximum atomic E-state index is 12.6. The zero-order valence-corrected chi connectivity index (χ0v) is 17.4. The largest absolute Gasteiger partial charge is 0.356 e. The first kappa shape index (κ1) is 21.8. The molecule has 0 unspecified atom stereocenters. The van der Waals surface area contributed by atoms with Crippen molar-refractivity contribution >= 4 is 15.9 Å². The predicted molar refractivity (Wildman–Crippen MR) is 107 cm³/mol. The predicted octanol–water partition coefficient (Wildman–Crippen LogP) is 3.21. The third-order valence-corrected chi connectivity index (χ3v) is 6.99. The number of sulfonamides is 1. The monoisotopic (exact) mass is 395 g/mol. The highest BCUT2D eigenvalue weighted by atomic mass is 32.2. The molecular weight excluding hydrogens is 362 g/mol. The van der Waals surface area contributed by atoms with Crippen LogP contribution in [0.2, 0.25) is 0 Å². The Morgan fingerprint density at radius 2 is 1.93 bits per heavy atom. The first-order chi connectivity index (χ1) is 12.9. The molecule has 6 nitrogen and oxygen atoms in total. The van der Waals surface area contributed by atoms with Gasteiger partial charge >= 0.3 is 0 Å². The number of carbonyl (C=O) groups is 1. The number of aromatic nitrogens is 1. The fraction of sp³-hybridized carbons (Fsp3) is 0.700. The minimum absolute atomic E-state index is 0.0654. The standard InChI is InChI=1S/C20H33N3O3S/c1-17(2)8-5-3-4-6-13-22-20(24)18-10-14-23(15-11-18)27(25,26)19-9-7-12-21-16-19/h7,9,12,16-18H,3-6,8,10-11,13-15H2,1-2H3,(H,22,24). The Morgan fingerprint density at radius 1 is 1.22 bits per heavy atom. The van der Waals surface area contributed by atoms with Crippen molar-refractivity contribution in [3.63, 3.8) is 0 Å². The van der Waals surface area contributed by atoms with E-state index in [9.17, 15) is 13.2 Å². The topological polar surface area (TPSA) is 79.4 Å². The molecule has 1 N–H and O–H groups in total. The molecule has 7 heteroatoms. The van der Waals surface area contributed by atoms with Gasteiger partial charge in [0.2, 0.25) is 15.9 Å². The van der Waals surface area contributed by atoms with Crippen LogP contribution in [0.5, 0.6) is 0 Å². The summed E-state index contributed by atoms with van der Waals surface area (Å²) in [7, 11) is -3.51. The van der Waals surface area contributed by atoms with Gasteiger partial charge in [0.1, 0.15) is 4.90 Å². The Hall–Kier alpha value is -1.47. The van der Waals surface area contributed by atoms with Gasteiger partial charge in [0.15, 0.2) is 0 Å². The van der Waals surface area contributed by atoms with Crippen LogP contribution in [-0.2, 0) is 14.8 Å². The van der Waals surface area contributed by atoms with Crippen molar-refractivity contribution in [3.05, 3.63) is 24.5 Å². The number of rotatable bonds is 10. The van der Waals surface area contributed by atoms with E-state index in [0.717, 1.165) is 18.8 Å². The van der Waals surface area contributed by atoms with Crippen LogP contribution in [0.15, 0.2) is 29.4 Å². The van der Waals surface area contributed by atoms with Crippen LogP contribution in [0.1, 0.15) is 58.8 Å². The van der Waals surface area contributed by atoms with Crippen LogP contribution < -0.4 is 5.32 Å². The molecule has 0 bridgehead atoms. The van der Waals surface area contributed by atoms with Crippen LogP contribution in [0.4, 0.5) is 0 Å². The summed E-state index contributed by atoms with van der Waals surface area (Å²) >= 11 is 0. The summed E-state index contributed by atoms with van der Waals surface area (Å²) in [4.78, 5) is 16.4. The highest BCUT2D eigenvalue weighted by Gasteiger charge is 2.31. The molecule has 0 saturated carbocycles.